The van der Waals surface area contributed by atoms with Crippen molar-refractivity contribution in [2.75, 3.05) is 0 Å². The lowest BCUT2D eigenvalue weighted by atomic mass is 10.2. The molecule has 2 aliphatic rings. The van der Waals surface area contributed by atoms with E-state index in [1.165, 1.54) is 11.0 Å². The van der Waals surface area contributed by atoms with E-state index in [2.05, 4.69) is 0 Å². The van der Waals surface area contributed by atoms with Crippen LogP contribution in [-0.4, -0.2) is 22.8 Å². The van der Waals surface area contributed by atoms with Gasteiger partial charge in [-0.25, -0.2) is 0 Å². The van der Waals surface area contributed by atoms with Gasteiger partial charge in [-0.1, -0.05) is 6.08 Å². The lowest BCUT2D eigenvalue weighted by Crippen LogP contribution is -2.31. The molecule has 3 heteroatoms. The smallest absolute Gasteiger partial charge is 0.253 e. The van der Waals surface area contributed by atoms with E-state index in [4.69, 9.17) is 0 Å². The normalized spacial score (nSPS) is 30.0. The predicted molar refractivity (Wildman–Crippen MR) is 34.0 cm³/mol. The van der Waals surface area contributed by atoms with E-state index in [1.807, 2.05) is 0 Å². The molecule has 0 aromatic rings. The Morgan fingerprint density at radius 1 is 1.50 bits per heavy atom. The van der Waals surface area contributed by atoms with Crippen molar-refractivity contribution >= 4 is 11.8 Å². The van der Waals surface area contributed by atoms with Crippen LogP contribution in [0.25, 0.3) is 0 Å². The molecular formula is C7H7NO2. The molecule has 0 aromatic carbocycles. The maximum atomic E-state index is 10.9. The third-order valence-electron chi connectivity index (χ3n) is 1.95. The van der Waals surface area contributed by atoms with Gasteiger partial charge in [0.05, 0.1) is 6.04 Å². The second kappa shape index (κ2) is 1.68. The van der Waals surface area contributed by atoms with E-state index < -0.39 is 0 Å². The molecule has 2 amide bonds. The predicted octanol–water partition coefficient (Wildman–Crippen LogP) is 0.0738. The monoisotopic (exact) mass is 137 g/mol. The van der Waals surface area contributed by atoms with Crippen molar-refractivity contribution < 1.29 is 9.59 Å². The lowest BCUT2D eigenvalue weighted by Gasteiger charge is -2.11. The molecule has 0 spiro atoms. The zero-order valence-electron chi connectivity index (χ0n) is 5.41. The minimum absolute atomic E-state index is 0.0278. The van der Waals surface area contributed by atoms with Gasteiger partial charge in [-0.3, -0.25) is 14.5 Å². The Morgan fingerprint density at radius 2 is 2.30 bits per heavy atom. The Hall–Kier alpha value is -1.12. The van der Waals surface area contributed by atoms with E-state index in [-0.39, 0.29) is 17.9 Å². The number of hydrogen-bond donors (Lipinski definition) is 0. The van der Waals surface area contributed by atoms with E-state index >= 15 is 0 Å². The molecule has 3 nitrogen and oxygen atoms in total. The van der Waals surface area contributed by atoms with Crippen LogP contribution < -0.4 is 0 Å². The fourth-order valence-electron chi connectivity index (χ4n) is 1.45. The molecule has 1 atom stereocenters. The topological polar surface area (TPSA) is 37.4 Å². The zero-order valence-corrected chi connectivity index (χ0v) is 5.41. The summed E-state index contributed by atoms with van der Waals surface area (Å²) in [6.45, 7) is 0. The average Bonchev–Trinajstić information content (AvgIpc) is 2.40. The first-order valence-electron chi connectivity index (χ1n) is 3.33. The highest BCUT2D eigenvalue weighted by molar-refractivity contribution is 6.04. The molecule has 52 valence electrons. The fraction of sp³-hybridized carbons (Fsp3) is 0.429. The summed E-state index contributed by atoms with van der Waals surface area (Å²) >= 11 is 0. The van der Waals surface area contributed by atoms with Crippen molar-refractivity contribution in [1.82, 2.24) is 4.90 Å². The first-order chi connectivity index (χ1) is 4.79. The van der Waals surface area contributed by atoms with Crippen LogP contribution in [0.4, 0.5) is 0 Å². The highest BCUT2D eigenvalue weighted by Crippen LogP contribution is 2.24. The Balaban J connectivity index is 2.33. The van der Waals surface area contributed by atoms with Crippen molar-refractivity contribution in [2.45, 2.75) is 18.9 Å². The van der Waals surface area contributed by atoms with Crippen LogP contribution in [0.1, 0.15) is 12.8 Å². The molecule has 1 unspecified atom stereocenters. The summed E-state index contributed by atoms with van der Waals surface area (Å²) in [6, 6.07) is 0.0833. The second-order valence-electron chi connectivity index (χ2n) is 2.57. The van der Waals surface area contributed by atoms with E-state index in [0.717, 1.165) is 6.42 Å². The Labute approximate surface area is 58.3 Å². The van der Waals surface area contributed by atoms with Crippen molar-refractivity contribution in [1.29, 1.82) is 0 Å². The largest absolute Gasteiger partial charge is 0.274 e. The first kappa shape index (κ1) is 5.65. The Kier molecular flexibility index (Phi) is 0.952. The number of hydrogen-bond acceptors (Lipinski definition) is 2. The van der Waals surface area contributed by atoms with Crippen LogP contribution >= 0.6 is 0 Å². The summed E-state index contributed by atoms with van der Waals surface area (Å²) in [5.41, 5.74) is 0. The third kappa shape index (κ3) is 0.546. The van der Waals surface area contributed by atoms with Crippen LogP contribution in [0, 0.1) is 0 Å². The molecule has 0 N–H and O–H groups in total. The summed E-state index contributed by atoms with van der Waals surface area (Å²) in [5.74, 6) is -0.174. The van der Waals surface area contributed by atoms with Gasteiger partial charge in [-0.15, -0.1) is 0 Å². The molecule has 2 heterocycles. The van der Waals surface area contributed by atoms with Gasteiger partial charge in [0, 0.05) is 12.5 Å². The van der Waals surface area contributed by atoms with Crippen molar-refractivity contribution in [2.24, 2.45) is 0 Å². The fourth-order valence-corrected chi connectivity index (χ4v) is 1.45. The SMILES string of the molecule is O=C1C=CC2CCC(=O)N12. The van der Waals surface area contributed by atoms with Gasteiger partial charge in [-0.2, -0.15) is 0 Å². The number of imide groups is 1. The molecule has 0 saturated carbocycles. The van der Waals surface area contributed by atoms with Crippen LogP contribution in [0.5, 0.6) is 0 Å². The molecule has 0 bridgehead atoms. The maximum absolute atomic E-state index is 10.9. The summed E-state index contributed by atoms with van der Waals surface area (Å²) in [6.07, 6.45) is 4.61. The molecule has 10 heavy (non-hydrogen) atoms. The molecule has 2 aliphatic heterocycles. The quantitative estimate of drug-likeness (QED) is 0.443. The standard InChI is InChI=1S/C7H7NO2/c9-6-3-1-5-2-4-7(10)8(5)6/h1,3,5H,2,4H2. The minimum atomic E-state index is -0.146. The number of carbonyl (C=O) groups excluding carboxylic acids is 2. The average molecular weight is 137 g/mol. The van der Waals surface area contributed by atoms with Crippen LogP contribution in [0.3, 0.4) is 0 Å². The minimum Gasteiger partial charge on any atom is -0.274 e. The van der Waals surface area contributed by atoms with Crippen molar-refractivity contribution in [3.8, 4) is 0 Å². The molecule has 1 fully saturated rings. The molecule has 0 aliphatic carbocycles. The van der Waals surface area contributed by atoms with Gasteiger partial charge in [0.15, 0.2) is 0 Å². The number of carbonyl (C=O) groups is 2. The Morgan fingerprint density at radius 3 is 3.00 bits per heavy atom. The van der Waals surface area contributed by atoms with Gasteiger partial charge >= 0.3 is 0 Å². The number of rotatable bonds is 0. The molecule has 0 aromatic heterocycles. The van der Waals surface area contributed by atoms with Crippen LogP contribution in [0.15, 0.2) is 12.2 Å². The molecule has 0 radical (unpaired) electrons. The third-order valence-corrected chi connectivity index (χ3v) is 1.95. The van der Waals surface area contributed by atoms with E-state index in [9.17, 15) is 9.59 Å². The number of nitrogens with zero attached hydrogens (tertiary/aromatic N) is 1. The highest BCUT2D eigenvalue weighted by atomic mass is 16.2. The van der Waals surface area contributed by atoms with Gasteiger partial charge in [-0.05, 0) is 6.42 Å². The highest BCUT2D eigenvalue weighted by Gasteiger charge is 2.36. The number of amides is 2. The number of fused-ring (bicyclic) bond motifs is 1. The molecular weight excluding hydrogens is 130 g/mol. The first-order valence-corrected chi connectivity index (χ1v) is 3.33. The van der Waals surface area contributed by atoms with Crippen LogP contribution in [-0.2, 0) is 9.59 Å². The Bertz CT molecular complexity index is 232. The maximum Gasteiger partial charge on any atom is 0.253 e. The zero-order chi connectivity index (χ0) is 7.14. The van der Waals surface area contributed by atoms with Crippen molar-refractivity contribution in [3.63, 3.8) is 0 Å². The van der Waals surface area contributed by atoms with Gasteiger partial charge in [0.25, 0.3) is 5.91 Å². The van der Waals surface area contributed by atoms with E-state index in [1.54, 1.807) is 6.08 Å². The van der Waals surface area contributed by atoms with Crippen molar-refractivity contribution in [3.05, 3.63) is 12.2 Å². The summed E-state index contributed by atoms with van der Waals surface area (Å²) < 4.78 is 0. The summed E-state index contributed by atoms with van der Waals surface area (Å²) in [4.78, 5) is 23.1. The van der Waals surface area contributed by atoms with Gasteiger partial charge in [0.1, 0.15) is 0 Å². The summed E-state index contributed by atoms with van der Waals surface area (Å²) in [5, 5.41) is 0. The lowest BCUT2D eigenvalue weighted by molar-refractivity contribution is -0.138. The van der Waals surface area contributed by atoms with Gasteiger partial charge < -0.3 is 0 Å². The van der Waals surface area contributed by atoms with Crippen LogP contribution in [0.2, 0.25) is 0 Å². The van der Waals surface area contributed by atoms with Gasteiger partial charge in [0.2, 0.25) is 5.91 Å². The second-order valence-corrected chi connectivity index (χ2v) is 2.57. The van der Waals surface area contributed by atoms with E-state index in [0.29, 0.717) is 6.42 Å². The molecule has 1 saturated heterocycles. The molecule has 2 rings (SSSR count). The summed E-state index contributed by atoms with van der Waals surface area (Å²) in [7, 11) is 0.